The van der Waals surface area contributed by atoms with Crippen LogP contribution in [0, 0.1) is 0 Å². The molecule has 0 fully saturated rings. The lowest BCUT2D eigenvalue weighted by molar-refractivity contribution is 0.619. The van der Waals surface area contributed by atoms with Crippen LogP contribution in [-0.2, 0) is 0 Å². The fraction of sp³-hybridized carbons (Fsp3) is 0. The Bertz CT molecular complexity index is 1440. The van der Waals surface area contributed by atoms with Crippen molar-refractivity contribution in [2.24, 2.45) is 0 Å². The number of fused-ring (bicyclic) bond motifs is 1. The van der Waals surface area contributed by atoms with E-state index >= 15 is 0 Å². The molecule has 1 heterocycles. The molecule has 4 heteroatoms. The highest BCUT2D eigenvalue weighted by molar-refractivity contribution is 6.31. The smallest absolute Gasteiger partial charge is 0.193 e. The van der Waals surface area contributed by atoms with Crippen molar-refractivity contribution in [1.29, 1.82) is 0 Å². The summed E-state index contributed by atoms with van der Waals surface area (Å²) in [6.07, 6.45) is 0. The highest BCUT2D eigenvalue weighted by atomic mass is 35.5. The first-order valence-corrected chi connectivity index (χ1v) is 10.5. The molecule has 1 aromatic heterocycles. The fourth-order valence-corrected chi connectivity index (χ4v) is 3.93. The summed E-state index contributed by atoms with van der Waals surface area (Å²) in [5.74, 6) is 0.541. The lowest BCUT2D eigenvalue weighted by atomic mass is 9.93. The monoisotopic (exact) mass is 442 g/mol. The maximum atomic E-state index is 13.0. The van der Waals surface area contributed by atoms with Crippen LogP contribution in [0.1, 0.15) is 0 Å². The summed E-state index contributed by atoms with van der Waals surface area (Å²) < 4.78 is 6.18. The van der Waals surface area contributed by atoms with Gasteiger partial charge in [0.25, 0.3) is 0 Å². The van der Waals surface area contributed by atoms with Crippen molar-refractivity contribution in [2.45, 2.75) is 0 Å². The molecule has 0 saturated carbocycles. The van der Waals surface area contributed by atoms with Gasteiger partial charge < -0.3 is 4.42 Å². The van der Waals surface area contributed by atoms with Crippen LogP contribution in [0.5, 0.6) is 0 Å². The van der Waals surface area contributed by atoms with Crippen LogP contribution < -0.4 is 5.43 Å². The van der Waals surface area contributed by atoms with Gasteiger partial charge in [-0.2, -0.15) is 0 Å². The Labute approximate surface area is 189 Å². The van der Waals surface area contributed by atoms with Crippen molar-refractivity contribution < 1.29 is 4.42 Å². The zero-order valence-corrected chi connectivity index (χ0v) is 17.8. The van der Waals surface area contributed by atoms with Crippen molar-refractivity contribution in [1.82, 2.24) is 0 Å². The third-order valence-electron chi connectivity index (χ3n) is 5.24. The minimum Gasteiger partial charge on any atom is -0.456 e. The van der Waals surface area contributed by atoms with Gasteiger partial charge in [-0.1, -0.05) is 77.8 Å². The van der Waals surface area contributed by atoms with E-state index in [1.807, 2.05) is 91.0 Å². The summed E-state index contributed by atoms with van der Waals surface area (Å²) in [5.41, 5.74) is 5.11. The Morgan fingerprint density at radius 3 is 1.71 bits per heavy atom. The molecule has 5 aromatic rings. The average Bonchev–Trinajstić information content (AvgIpc) is 2.80. The number of hydrogen-bond acceptors (Lipinski definition) is 2. The van der Waals surface area contributed by atoms with Gasteiger partial charge in [-0.3, -0.25) is 4.79 Å². The highest BCUT2D eigenvalue weighted by Gasteiger charge is 2.14. The second kappa shape index (κ2) is 8.07. The van der Waals surface area contributed by atoms with E-state index in [9.17, 15) is 4.79 Å². The van der Waals surface area contributed by atoms with E-state index < -0.39 is 0 Å². The van der Waals surface area contributed by atoms with Gasteiger partial charge in [0.05, 0.1) is 5.39 Å². The highest BCUT2D eigenvalue weighted by Crippen LogP contribution is 2.36. The molecule has 0 aliphatic rings. The zero-order chi connectivity index (χ0) is 21.4. The first-order chi connectivity index (χ1) is 15.1. The predicted octanol–water partition coefficient (Wildman–Crippen LogP) is 8.10. The Balaban J connectivity index is 1.79. The van der Waals surface area contributed by atoms with Crippen molar-refractivity contribution in [3.8, 4) is 33.6 Å². The number of hydrogen-bond donors (Lipinski definition) is 0. The molecule has 0 radical (unpaired) electrons. The van der Waals surface area contributed by atoms with Crippen LogP contribution in [0.4, 0.5) is 0 Å². The molecule has 0 aliphatic carbocycles. The van der Waals surface area contributed by atoms with Gasteiger partial charge in [0.15, 0.2) is 5.43 Å². The molecular weight excluding hydrogens is 427 g/mol. The van der Waals surface area contributed by atoms with E-state index in [1.165, 1.54) is 0 Å². The number of benzene rings is 4. The van der Waals surface area contributed by atoms with Crippen molar-refractivity contribution in [3.05, 3.63) is 117 Å². The quantitative estimate of drug-likeness (QED) is 0.282. The van der Waals surface area contributed by atoms with E-state index in [-0.39, 0.29) is 5.43 Å². The van der Waals surface area contributed by atoms with Crippen LogP contribution in [-0.4, -0.2) is 0 Å². The summed E-state index contributed by atoms with van der Waals surface area (Å²) >= 11 is 12.2. The molecule has 5 rings (SSSR count). The molecule has 0 atom stereocenters. The second-order valence-corrected chi connectivity index (χ2v) is 8.12. The molecule has 0 aliphatic heterocycles. The van der Waals surface area contributed by atoms with Gasteiger partial charge in [0.2, 0.25) is 0 Å². The largest absolute Gasteiger partial charge is 0.456 e. The standard InChI is InChI=1S/C27H16Cl2O2/c28-20-10-6-17(7-11-20)22-14-24-25(30)16-26(19-4-2-1-3-5-19)31-27(24)15-23(22)18-8-12-21(29)13-9-18/h1-16H. The number of rotatable bonds is 3. The zero-order valence-electron chi connectivity index (χ0n) is 16.3. The molecule has 4 aromatic carbocycles. The van der Waals surface area contributed by atoms with Crippen LogP contribution in [0.15, 0.2) is 106 Å². The van der Waals surface area contributed by atoms with E-state index in [4.69, 9.17) is 27.6 Å². The molecule has 0 unspecified atom stereocenters. The van der Waals surface area contributed by atoms with Crippen molar-refractivity contribution >= 4 is 34.2 Å². The lowest BCUT2D eigenvalue weighted by Gasteiger charge is -2.13. The Kier molecular flexibility index (Phi) is 5.11. The van der Waals surface area contributed by atoms with Gasteiger partial charge in [-0.25, -0.2) is 0 Å². The lowest BCUT2D eigenvalue weighted by Crippen LogP contribution is -2.01. The molecule has 31 heavy (non-hydrogen) atoms. The summed E-state index contributed by atoms with van der Waals surface area (Å²) in [5, 5.41) is 1.85. The van der Waals surface area contributed by atoms with Gasteiger partial charge in [0.1, 0.15) is 11.3 Å². The SMILES string of the molecule is O=c1cc(-c2ccccc2)oc2cc(-c3ccc(Cl)cc3)c(-c3ccc(Cl)cc3)cc12. The fourth-order valence-electron chi connectivity index (χ4n) is 3.68. The summed E-state index contributed by atoms with van der Waals surface area (Å²) in [4.78, 5) is 13.0. The van der Waals surface area contributed by atoms with Crippen molar-refractivity contribution in [2.75, 3.05) is 0 Å². The molecule has 0 N–H and O–H groups in total. The molecular formula is C27H16Cl2O2. The third kappa shape index (κ3) is 3.88. The Morgan fingerprint density at radius 2 is 1.13 bits per heavy atom. The van der Waals surface area contributed by atoms with E-state index in [1.54, 1.807) is 6.07 Å². The molecule has 0 amide bonds. The van der Waals surface area contributed by atoms with Crippen LogP contribution in [0.25, 0.3) is 44.5 Å². The summed E-state index contributed by atoms with van der Waals surface area (Å²) in [6, 6.07) is 30.2. The topological polar surface area (TPSA) is 30.2 Å². The first-order valence-electron chi connectivity index (χ1n) is 9.78. The molecule has 2 nitrogen and oxygen atoms in total. The molecule has 0 saturated heterocycles. The predicted molar refractivity (Wildman–Crippen MR) is 129 cm³/mol. The maximum Gasteiger partial charge on any atom is 0.193 e. The van der Waals surface area contributed by atoms with Crippen LogP contribution in [0.3, 0.4) is 0 Å². The Morgan fingerprint density at radius 1 is 0.581 bits per heavy atom. The van der Waals surface area contributed by atoms with Gasteiger partial charge in [-0.15, -0.1) is 0 Å². The third-order valence-corrected chi connectivity index (χ3v) is 5.74. The average molecular weight is 443 g/mol. The minimum absolute atomic E-state index is 0.0852. The number of halogens is 2. The summed E-state index contributed by atoms with van der Waals surface area (Å²) in [7, 11) is 0. The van der Waals surface area contributed by atoms with Crippen LogP contribution >= 0.6 is 23.2 Å². The molecule has 0 bridgehead atoms. The Hall–Kier alpha value is -3.33. The van der Waals surface area contributed by atoms with E-state index in [0.29, 0.717) is 26.8 Å². The van der Waals surface area contributed by atoms with Gasteiger partial charge in [-0.05, 0) is 58.7 Å². The van der Waals surface area contributed by atoms with E-state index in [0.717, 1.165) is 27.8 Å². The van der Waals surface area contributed by atoms with Gasteiger partial charge in [0, 0.05) is 21.7 Å². The van der Waals surface area contributed by atoms with E-state index in [2.05, 4.69) is 0 Å². The first kappa shape index (κ1) is 19.6. The van der Waals surface area contributed by atoms with Gasteiger partial charge >= 0.3 is 0 Å². The summed E-state index contributed by atoms with van der Waals surface area (Å²) in [6.45, 7) is 0. The minimum atomic E-state index is -0.0852. The van der Waals surface area contributed by atoms with Crippen molar-refractivity contribution in [3.63, 3.8) is 0 Å². The maximum absolute atomic E-state index is 13.0. The molecule has 0 spiro atoms. The normalized spacial score (nSPS) is 11.0. The second-order valence-electron chi connectivity index (χ2n) is 7.25. The molecule has 150 valence electrons. The van der Waals surface area contributed by atoms with Crippen LogP contribution in [0.2, 0.25) is 10.0 Å².